The average molecular weight is 785 g/mol. The van der Waals surface area contributed by atoms with Crippen LogP contribution in [0.15, 0.2) is 48.6 Å². The number of ether oxygens (including phenoxy) is 3. The normalized spacial score (nSPS) is 12.4. The first-order chi connectivity index (χ1) is 27.5. The molecule has 1 atom stereocenters. The maximum absolute atomic E-state index is 12.7. The Labute approximate surface area is 346 Å². The lowest BCUT2D eigenvalue weighted by molar-refractivity contribution is -0.167. The number of esters is 3. The van der Waals surface area contributed by atoms with Crippen molar-refractivity contribution in [1.29, 1.82) is 0 Å². The van der Waals surface area contributed by atoms with Crippen LogP contribution in [-0.2, 0) is 28.6 Å². The molecule has 0 radical (unpaired) electrons. The van der Waals surface area contributed by atoms with Crippen molar-refractivity contribution < 1.29 is 28.6 Å². The largest absolute Gasteiger partial charge is 0.462 e. The molecule has 6 nitrogen and oxygen atoms in total. The molecule has 0 aromatic rings. The Kier molecular flexibility index (Phi) is 43.0. The molecule has 0 spiro atoms. The van der Waals surface area contributed by atoms with Gasteiger partial charge in [-0.2, -0.15) is 0 Å². The second-order valence-electron chi connectivity index (χ2n) is 15.7. The molecule has 0 fully saturated rings. The van der Waals surface area contributed by atoms with Gasteiger partial charge in [0.2, 0.25) is 0 Å². The van der Waals surface area contributed by atoms with E-state index in [1.54, 1.807) is 0 Å². The summed E-state index contributed by atoms with van der Waals surface area (Å²) in [6, 6.07) is 0. The Hall–Kier alpha value is -2.63. The van der Waals surface area contributed by atoms with Gasteiger partial charge in [-0.3, -0.25) is 14.4 Å². The zero-order chi connectivity index (χ0) is 40.8. The molecular weight excluding hydrogens is 697 g/mol. The number of allylic oxidation sites excluding steroid dienone is 8. The first-order valence-electron chi connectivity index (χ1n) is 23.6. The number of carbonyl (C=O) groups excluding carboxylic acids is 3. The minimum absolute atomic E-state index is 0.0853. The van der Waals surface area contributed by atoms with E-state index in [4.69, 9.17) is 14.2 Å². The highest BCUT2D eigenvalue weighted by Crippen LogP contribution is 2.13. The van der Waals surface area contributed by atoms with Gasteiger partial charge in [-0.1, -0.05) is 166 Å². The summed E-state index contributed by atoms with van der Waals surface area (Å²) in [5, 5.41) is 0. The van der Waals surface area contributed by atoms with Crippen LogP contribution in [0.2, 0.25) is 0 Å². The smallest absolute Gasteiger partial charge is 0.306 e. The van der Waals surface area contributed by atoms with Gasteiger partial charge in [0, 0.05) is 19.3 Å². The molecule has 0 aliphatic carbocycles. The highest BCUT2D eigenvalue weighted by Gasteiger charge is 2.19. The van der Waals surface area contributed by atoms with Gasteiger partial charge in [-0.25, -0.2) is 0 Å². The molecule has 1 unspecified atom stereocenters. The van der Waals surface area contributed by atoms with Gasteiger partial charge < -0.3 is 14.2 Å². The molecule has 0 amide bonds. The summed E-state index contributed by atoms with van der Waals surface area (Å²) in [6.45, 7) is 6.50. The third-order valence-electron chi connectivity index (χ3n) is 10.0. The molecule has 0 aromatic carbocycles. The molecular formula is C50H88O6. The van der Waals surface area contributed by atoms with E-state index in [1.807, 2.05) is 0 Å². The first-order valence-corrected chi connectivity index (χ1v) is 23.6. The molecule has 0 aromatic heterocycles. The van der Waals surface area contributed by atoms with Crippen molar-refractivity contribution in [2.45, 2.75) is 239 Å². The molecule has 0 saturated heterocycles. The van der Waals surface area contributed by atoms with Crippen LogP contribution in [0.3, 0.4) is 0 Å². The van der Waals surface area contributed by atoms with E-state index >= 15 is 0 Å². The van der Waals surface area contributed by atoms with Gasteiger partial charge in [0.05, 0.1) is 0 Å². The number of unbranched alkanes of at least 4 members (excludes halogenated alkanes) is 23. The monoisotopic (exact) mass is 785 g/mol. The van der Waals surface area contributed by atoms with E-state index in [0.717, 1.165) is 103 Å². The van der Waals surface area contributed by atoms with Gasteiger partial charge in [-0.05, 0) is 96.3 Å². The van der Waals surface area contributed by atoms with Crippen molar-refractivity contribution in [3.8, 4) is 0 Å². The van der Waals surface area contributed by atoms with Crippen molar-refractivity contribution in [2.75, 3.05) is 13.2 Å². The SMILES string of the molecule is CCC/C=C\C/C=C\CCCCCCCC(=O)OCC(COC(=O)CCCCCCC/C=C\CCCCC)OC(=O)CCCCCCC/C=C\CCCCCC. The Morgan fingerprint density at radius 1 is 0.357 bits per heavy atom. The Balaban J connectivity index is 4.42. The Morgan fingerprint density at radius 2 is 0.679 bits per heavy atom. The van der Waals surface area contributed by atoms with E-state index in [-0.39, 0.29) is 31.1 Å². The molecule has 0 aliphatic rings. The standard InChI is InChI=1S/C50H88O6/c1-4-7-10-13-16-19-22-25-28-31-34-37-40-43-49(52)55-46-47(45-54-48(51)42-39-36-33-30-27-24-21-18-15-12-9-6-3)56-50(53)44-41-38-35-32-29-26-23-20-17-14-11-8-5-2/h10,13,18-23,47H,4-9,11-12,14-17,24-46H2,1-3H3/b13-10-,21-18-,22-19-,23-20-. The van der Waals surface area contributed by atoms with Crippen LogP contribution in [-0.4, -0.2) is 37.2 Å². The van der Waals surface area contributed by atoms with Crippen LogP contribution < -0.4 is 0 Å². The lowest BCUT2D eigenvalue weighted by Gasteiger charge is -2.18. The first kappa shape index (κ1) is 53.4. The van der Waals surface area contributed by atoms with Crippen molar-refractivity contribution in [2.24, 2.45) is 0 Å². The predicted molar refractivity (Wildman–Crippen MR) is 238 cm³/mol. The quantitative estimate of drug-likeness (QED) is 0.0265. The molecule has 6 heteroatoms. The molecule has 0 heterocycles. The van der Waals surface area contributed by atoms with Gasteiger partial charge in [-0.15, -0.1) is 0 Å². The van der Waals surface area contributed by atoms with Crippen molar-refractivity contribution in [1.82, 2.24) is 0 Å². The second kappa shape index (κ2) is 45.1. The average Bonchev–Trinajstić information content (AvgIpc) is 3.19. The zero-order valence-corrected chi connectivity index (χ0v) is 36.9. The van der Waals surface area contributed by atoms with E-state index in [2.05, 4.69) is 69.4 Å². The summed E-state index contributed by atoms with van der Waals surface area (Å²) < 4.78 is 16.7. The van der Waals surface area contributed by atoms with Gasteiger partial charge in [0.25, 0.3) is 0 Å². The third kappa shape index (κ3) is 42.5. The van der Waals surface area contributed by atoms with Crippen molar-refractivity contribution in [3.05, 3.63) is 48.6 Å². The minimum Gasteiger partial charge on any atom is -0.462 e. The zero-order valence-electron chi connectivity index (χ0n) is 36.9. The molecule has 0 N–H and O–H groups in total. The van der Waals surface area contributed by atoms with Gasteiger partial charge >= 0.3 is 17.9 Å². The number of carbonyl (C=O) groups is 3. The summed E-state index contributed by atoms with van der Waals surface area (Å²) in [5.41, 5.74) is 0. The third-order valence-corrected chi connectivity index (χ3v) is 10.0. The van der Waals surface area contributed by atoms with Crippen LogP contribution in [0.1, 0.15) is 233 Å². The van der Waals surface area contributed by atoms with Crippen LogP contribution in [0.5, 0.6) is 0 Å². The van der Waals surface area contributed by atoms with Crippen LogP contribution in [0.4, 0.5) is 0 Å². The summed E-state index contributed by atoms with van der Waals surface area (Å²) >= 11 is 0. The fraction of sp³-hybridized carbons (Fsp3) is 0.780. The summed E-state index contributed by atoms with van der Waals surface area (Å²) in [5.74, 6) is -0.917. The molecule has 0 bridgehead atoms. The molecule has 0 saturated carbocycles. The molecule has 0 rings (SSSR count). The fourth-order valence-electron chi connectivity index (χ4n) is 6.41. The highest BCUT2D eigenvalue weighted by molar-refractivity contribution is 5.71. The molecule has 324 valence electrons. The summed E-state index contributed by atoms with van der Waals surface area (Å²) in [4.78, 5) is 37.8. The van der Waals surface area contributed by atoms with E-state index in [1.165, 1.54) is 89.9 Å². The highest BCUT2D eigenvalue weighted by atomic mass is 16.6. The summed E-state index contributed by atoms with van der Waals surface area (Å²) in [6.07, 6.45) is 52.3. The lowest BCUT2D eigenvalue weighted by Crippen LogP contribution is -2.30. The van der Waals surface area contributed by atoms with E-state index < -0.39 is 6.10 Å². The van der Waals surface area contributed by atoms with Crippen molar-refractivity contribution >= 4 is 17.9 Å². The number of rotatable bonds is 42. The molecule has 0 aliphatic heterocycles. The second-order valence-corrected chi connectivity index (χ2v) is 15.7. The van der Waals surface area contributed by atoms with Crippen molar-refractivity contribution in [3.63, 3.8) is 0 Å². The van der Waals surface area contributed by atoms with E-state index in [9.17, 15) is 14.4 Å². The topological polar surface area (TPSA) is 78.9 Å². The Bertz CT molecular complexity index is 996. The van der Waals surface area contributed by atoms with Gasteiger partial charge in [0.1, 0.15) is 13.2 Å². The summed E-state index contributed by atoms with van der Waals surface area (Å²) in [7, 11) is 0. The minimum atomic E-state index is -0.783. The fourth-order valence-corrected chi connectivity index (χ4v) is 6.41. The lowest BCUT2D eigenvalue weighted by atomic mass is 10.1. The molecule has 56 heavy (non-hydrogen) atoms. The van der Waals surface area contributed by atoms with Gasteiger partial charge in [0.15, 0.2) is 6.10 Å². The van der Waals surface area contributed by atoms with E-state index in [0.29, 0.717) is 19.3 Å². The predicted octanol–water partition coefficient (Wildman–Crippen LogP) is 15.1. The Morgan fingerprint density at radius 3 is 1.11 bits per heavy atom. The van der Waals surface area contributed by atoms with Crippen LogP contribution in [0, 0.1) is 0 Å². The number of hydrogen-bond donors (Lipinski definition) is 0. The van der Waals surface area contributed by atoms with Crippen LogP contribution in [0.25, 0.3) is 0 Å². The maximum atomic E-state index is 12.7. The number of hydrogen-bond acceptors (Lipinski definition) is 6. The maximum Gasteiger partial charge on any atom is 0.306 e. The van der Waals surface area contributed by atoms with Crippen LogP contribution >= 0.6 is 0 Å².